The average Bonchev–Trinajstić information content (AvgIpc) is 2.36. The van der Waals surface area contributed by atoms with Gasteiger partial charge in [0.25, 0.3) is 15.0 Å². The van der Waals surface area contributed by atoms with Gasteiger partial charge in [0.15, 0.2) is 0 Å². The highest BCUT2D eigenvalue weighted by molar-refractivity contribution is 8.13. The molecule has 1 aliphatic rings. The monoisotopic (exact) mass is 333 g/mol. The minimum atomic E-state index is -4.01. The summed E-state index contributed by atoms with van der Waals surface area (Å²) in [6.07, 6.45) is 1.89. The van der Waals surface area contributed by atoms with Gasteiger partial charge in [0.2, 0.25) is 0 Å². The minimum absolute atomic E-state index is 0.186. The summed E-state index contributed by atoms with van der Waals surface area (Å²) >= 11 is 0. The van der Waals surface area contributed by atoms with E-state index in [2.05, 4.69) is 0 Å². The van der Waals surface area contributed by atoms with Crippen molar-refractivity contribution in [2.24, 2.45) is 5.92 Å². The fourth-order valence-corrected chi connectivity index (χ4v) is 3.82. The number of piperidine rings is 1. The van der Waals surface area contributed by atoms with Gasteiger partial charge in [-0.2, -0.15) is 0 Å². The van der Waals surface area contributed by atoms with Crippen LogP contribution in [-0.2, 0) is 9.05 Å². The summed E-state index contributed by atoms with van der Waals surface area (Å²) in [5.74, 6) is -0.854. The van der Waals surface area contributed by atoms with Crippen LogP contribution in [0.4, 0.5) is 4.39 Å². The van der Waals surface area contributed by atoms with E-state index >= 15 is 0 Å². The van der Waals surface area contributed by atoms with E-state index in [4.69, 9.17) is 10.7 Å². The molecule has 0 spiro atoms. The van der Waals surface area contributed by atoms with Crippen LogP contribution in [0.15, 0.2) is 17.0 Å². The number of hydrogen-bond donors (Lipinski definition) is 0. The zero-order valence-electron chi connectivity index (χ0n) is 11.9. The quantitative estimate of drug-likeness (QED) is 0.782. The molecule has 21 heavy (non-hydrogen) atoms. The van der Waals surface area contributed by atoms with Crippen LogP contribution < -0.4 is 0 Å². The molecule has 0 bridgehead atoms. The first-order valence-corrected chi connectivity index (χ1v) is 9.05. The molecule has 1 aliphatic heterocycles. The predicted molar refractivity (Wildman–Crippen MR) is 78.5 cm³/mol. The molecule has 1 atom stereocenters. The molecule has 4 nitrogen and oxygen atoms in total. The van der Waals surface area contributed by atoms with Crippen LogP contribution >= 0.6 is 10.7 Å². The number of halogens is 2. The fraction of sp³-hybridized carbons (Fsp3) is 0.500. The average molecular weight is 334 g/mol. The molecule has 0 saturated carbocycles. The van der Waals surface area contributed by atoms with Crippen LogP contribution in [0.1, 0.15) is 35.7 Å². The SMILES string of the molecule is Cc1cc(F)c(C(=O)N2CCCC(C)C2)cc1S(=O)(=O)Cl. The van der Waals surface area contributed by atoms with Crippen molar-refractivity contribution >= 4 is 25.6 Å². The van der Waals surface area contributed by atoms with E-state index in [0.717, 1.165) is 25.0 Å². The summed E-state index contributed by atoms with van der Waals surface area (Å²) in [6, 6.07) is 2.07. The van der Waals surface area contributed by atoms with Gasteiger partial charge in [-0.25, -0.2) is 12.8 Å². The van der Waals surface area contributed by atoms with Crippen molar-refractivity contribution in [2.45, 2.75) is 31.6 Å². The molecule has 0 aliphatic carbocycles. The molecule has 1 unspecified atom stereocenters. The van der Waals surface area contributed by atoms with Crippen LogP contribution in [0.25, 0.3) is 0 Å². The Kier molecular flexibility index (Phi) is 4.58. The van der Waals surface area contributed by atoms with Crippen LogP contribution in [-0.4, -0.2) is 32.3 Å². The van der Waals surface area contributed by atoms with Crippen molar-refractivity contribution in [3.8, 4) is 0 Å². The van der Waals surface area contributed by atoms with Gasteiger partial charge >= 0.3 is 0 Å². The summed E-state index contributed by atoms with van der Waals surface area (Å²) < 4.78 is 37.0. The molecule has 1 saturated heterocycles. The van der Waals surface area contributed by atoms with Gasteiger partial charge in [0.1, 0.15) is 5.82 Å². The molecule has 1 heterocycles. The molecule has 7 heteroatoms. The maximum Gasteiger partial charge on any atom is 0.261 e. The third-order valence-electron chi connectivity index (χ3n) is 3.70. The Bertz CT molecular complexity index is 675. The first-order chi connectivity index (χ1) is 9.70. The lowest BCUT2D eigenvalue weighted by Crippen LogP contribution is -2.39. The van der Waals surface area contributed by atoms with Gasteiger partial charge < -0.3 is 4.90 Å². The molecule has 1 aromatic rings. The number of amides is 1. The Morgan fingerprint density at radius 2 is 2.10 bits per heavy atom. The molecule has 0 N–H and O–H groups in total. The lowest BCUT2D eigenvalue weighted by atomic mass is 9.99. The maximum absolute atomic E-state index is 14.0. The lowest BCUT2D eigenvalue weighted by Gasteiger charge is -2.31. The summed E-state index contributed by atoms with van der Waals surface area (Å²) in [5.41, 5.74) is -0.0556. The van der Waals surface area contributed by atoms with Crippen LogP contribution in [0.2, 0.25) is 0 Å². The van der Waals surface area contributed by atoms with Crippen LogP contribution in [0, 0.1) is 18.7 Å². The van der Waals surface area contributed by atoms with Crippen LogP contribution in [0.5, 0.6) is 0 Å². The number of carbonyl (C=O) groups is 1. The van der Waals surface area contributed by atoms with Crippen LogP contribution in [0.3, 0.4) is 0 Å². The van der Waals surface area contributed by atoms with E-state index < -0.39 is 20.8 Å². The maximum atomic E-state index is 14.0. The van der Waals surface area contributed by atoms with E-state index in [1.165, 1.54) is 6.92 Å². The highest BCUT2D eigenvalue weighted by Gasteiger charge is 2.26. The number of carbonyl (C=O) groups excluding carboxylic acids is 1. The standard InChI is InChI=1S/C14H17ClFNO3S/c1-9-4-3-5-17(8-9)14(18)11-7-13(21(15,19)20)10(2)6-12(11)16/h6-7,9H,3-5,8H2,1-2H3. The summed E-state index contributed by atoms with van der Waals surface area (Å²) in [4.78, 5) is 13.7. The molecule has 1 aromatic carbocycles. The van der Waals surface area contributed by atoms with Crippen molar-refractivity contribution in [1.82, 2.24) is 4.90 Å². The Morgan fingerprint density at radius 1 is 1.43 bits per heavy atom. The van der Waals surface area contributed by atoms with E-state index in [9.17, 15) is 17.6 Å². The number of hydrogen-bond acceptors (Lipinski definition) is 3. The molecule has 1 fully saturated rings. The van der Waals surface area contributed by atoms with Gasteiger partial charge in [0.05, 0.1) is 10.5 Å². The number of nitrogens with zero attached hydrogens (tertiary/aromatic N) is 1. The summed E-state index contributed by atoms with van der Waals surface area (Å²) in [7, 11) is 1.31. The second kappa shape index (κ2) is 5.93. The number of likely N-dealkylation sites (tertiary alicyclic amines) is 1. The molecule has 2 rings (SSSR count). The second-order valence-electron chi connectivity index (χ2n) is 5.53. The van der Waals surface area contributed by atoms with E-state index in [1.54, 1.807) is 4.90 Å². The lowest BCUT2D eigenvalue weighted by molar-refractivity contribution is 0.0678. The molecular weight excluding hydrogens is 317 g/mol. The molecule has 1 amide bonds. The normalized spacial score (nSPS) is 19.6. The van der Waals surface area contributed by atoms with Gasteiger partial charge in [-0.3, -0.25) is 4.79 Å². The number of aryl methyl sites for hydroxylation is 1. The summed E-state index contributed by atoms with van der Waals surface area (Å²) in [6.45, 7) is 4.57. The Labute approximate surface area is 128 Å². The van der Waals surface area contributed by atoms with Gasteiger partial charge in [0, 0.05) is 23.8 Å². The Hall–Kier alpha value is -1.14. The highest BCUT2D eigenvalue weighted by atomic mass is 35.7. The van der Waals surface area contributed by atoms with E-state index in [1.807, 2.05) is 6.92 Å². The first kappa shape index (κ1) is 16.2. The highest BCUT2D eigenvalue weighted by Crippen LogP contribution is 2.25. The second-order valence-corrected chi connectivity index (χ2v) is 8.07. The summed E-state index contributed by atoms with van der Waals surface area (Å²) in [5, 5.41) is 0. The van der Waals surface area contributed by atoms with Gasteiger partial charge in [-0.1, -0.05) is 6.92 Å². The minimum Gasteiger partial charge on any atom is -0.338 e. The number of rotatable bonds is 2. The molecule has 0 aromatic heterocycles. The number of benzene rings is 1. The van der Waals surface area contributed by atoms with Crippen molar-refractivity contribution in [1.29, 1.82) is 0 Å². The predicted octanol–water partition coefficient (Wildman–Crippen LogP) is 2.93. The molecular formula is C14H17ClFNO3S. The topological polar surface area (TPSA) is 54.5 Å². The van der Waals surface area contributed by atoms with Crippen molar-refractivity contribution in [2.75, 3.05) is 13.1 Å². The zero-order chi connectivity index (χ0) is 15.8. The third kappa shape index (κ3) is 3.55. The van der Waals surface area contributed by atoms with Gasteiger partial charge in [-0.15, -0.1) is 0 Å². The van der Waals surface area contributed by atoms with E-state index in [-0.39, 0.29) is 16.0 Å². The van der Waals surface area contributed by atoms with Crippen molar-refractivity contribution in [3.63, 3.8) is 0 Å². The van der Waals surface area contributed by atoms with E-state index in [0.29, 0.717) is 19.0 Å². The first-order valence-electron chi connectivity index (χ1n) is 6.74. The zero-order valence-corrected chi connectivity index (χ0v) is 13.5. The van der Waals surface area contributed by atoms with Crippen molar-refractivity contribution in [3.05, 3.63) is 29.1 Å². The largest absolute Gasteiger partial charge is 0.338 e. The third-order valence-corrected chi connectivity index (χ3v) is 5.17. The molecule has 0 radical (unpaired) electrons. The van der Waals surface area contributed by atoms with Gasteiger partial charge in [-0.05, 0) is 43.4 Å². The molecule has 116 valence electrons. The Morgan fingerprint density at radius 3 is 2.67 bits per heavy atom. The smallest absolute Gasteiger partial charge is 0.261 e. The Balaban J connectivity index is 2.41. The van der Waals surface area contributed by atoms with Crippen molar-refractivity contribution < 1.29 is 17.6 Å². The fourth-order valence-electron chi connectivity index (χ4n) is 2.62.